The van der Waals surface area contributed by atoms with E-state index in [1.165, 1.54) is 5.57 Å². The molecule has 0 bridgehead atoms. The molecule has 0 saturated carbocycles. The van der Waals surface area contributed by atoms with E-state index in [0.29, 0.717) is 0 Å². The second-order valence-corrected chi connectivity index (χ2v) is 2.27. The normalized spacial score (nSPS) is 14.6. The lowest BCUT2D eigenvalue weighted by Gasteiger charge is -1.89. The molecule has 0 heteroatoms. The molecule has 0 aliphatic heterocycles. The zero-order valence-corrected chi connectivity index (χ0v) is 6.07. The zero-order valence-electron chi connectivity index (χ0n) is 7.07. The Morgan fingerprint density at radius 1 is 1.62 bits per heavy atom. The molecule has 0 aliphatic carbocycles. The van der Waals surface area contributed by atoms with Crippen LogP contribution in [0.25, 0.3) is 0 Å². The monoisotopic (exact) mass is 113 g/mol. The molecule has 0 saturated heterocycles. The predicted octanol–water partition coefficient (Wildman–Crippen LogP) is 3.14. The van der Waals surface area contributed by atoms with Gasteiger partial charge in [0, 0.05) is 1.37 Å². The molecule has 1 atom stereocenters. The van der Waals surface area contributed by atoms with E-state index in [4.69, 9.17) is 1.37 Å². The minimum absolute atomic E-state index is 0.0978. The molecule has 0 aromatic rings. The zero-order chi connectivity index (χ0) is 7.28. The summed E-state index contributed by atoms with van der Waals surface area (Å²) in [4.78, 5) is 0. The fraction of sp³-hybridized carbons (Fsp3) is 0.750. The molecule has 0 unspecified atom stereocenters. The van der Waals surface area contributed by atoms with Crippen molar-refractivity contribution in [3.63, 3.8) is 0 Å². The van der Waals surface area contributed by atoms with Gasteiger partial charge < -0.3 is 0 Å². The minimum atomic E-state index is 0.0978. The molecule has 0 fully saturated rings. The highest BCUT2D eigenvalue weighted by molar-refractivity contribution is 4.92. The maximum Gasteiger partial charge on any atom is 0.0264 e. The third-order valence-electron chi connectivity index (χ3n) is 1.01. The van der Waals surface area contributed by atoms with Crippen LogP contribution in [-0.2, 0) is 0 Å². The van der Waals surface area contributed by atoms with Gasteiger partial charge in [-0.15, -0.1) is 0 Å². The summed E-state index contributed by atoms with van der Waals surface area (Å²) in [5.74, 6) is 0. The van der Waals surface area contributed by atoms with Crippen molar-refractivity contribution in [2.24, 2.45) is 0 Å². The molecular formula is C8H16. The first kappa shape index (κ1) is 5.87. The van der Waals surface area contributed by atoms with Crippen molar-refractivity contribution in [3.8, 4) is 0 Å². The average Bonchev–Trinajstić information content (AvgIpc) is 1.63. The smallest absolute Gasteiger partial charge is 0.0264 e. The quantitative estimate of drug-likeness (QED) is 0.493. The Balaban J connectivity index is 3.20. The van der Waals surface area contributed by atoms with Crippen LogP contribution in [0.15, 0.2) is 11.6 Å². The lowest BCUT2D eigenvalue weighted by molar-refractivity contribution is 0.811. The van der Waals surface area contributed by atoms with Crippen molar-refractivity contribution in [1.29, 1.82) is 0 Å². The van der Waals surface area contributed by atoms with E-state index in [9.17, 15) is 0 Å². The average molecular weight is 113 g/mol. The second kappa shape index (κ2) is 4.89. The molecule has 0 nitrogen and oxygen atoms in total. The summed E-state index contributed by atoms with van der Waals surface area (Å²) in [6, 6.07) is 0. The first-order chi connectivity index (χ1) is 4.13. The van der Waals surface area contributed by atoms with Gasteiger partial charge in [-0.25, -0.2) is 0 Å². The summed E-state index contributed by atoms with van der Waals surface area (Å²) in [6.07, 6.45) is 4.34. The lowest BCUT2D eigenvalue weighted by Crippen LogP contribution is -1.68. The van der Waals surface area contributed by atoms with Crippen LogP contribution in [0.2, 0.25) is 0 Å². The summed E-state index contributed by atoms with van der Waals surface area (Å²) in [5.41, 5.74) is 1.36. The van der Waals surface area contributed by atoms with Crippen LogP contribution in [0, 0.1) is 0 Å². The van der Waals surface area contributed by atoms with Crippen LogP contribution in [-0.4, -0.2) is 0 Å². The third kappa shape index (κ3) is 5.74. The van der Waals surface area contributed by atoms with Crippen LogP contribution in [0.3, 0.4) is 0 Å². The highest BCUT2D eigenvalue weighted by atomic mass is 13.8. The number of hydrogen-bond acceptors (Lipinski definition) is 0. The fourth-order valence-electron chi connectivity index (χ4n) is 0.539. The lowest BCUT2D eigenvalue weighted by atomic mass is 10.2. The highest BCUT2D eigenvalue weighted by Gasteiger charge is 1.77. The minimum Gasteiger partial charge on any atom is -0.0859 e. The fourth-order valence-corrected chi connectivity index (χ4v) is 0.539. The Morgan fingerprint density at radius 2 is 2.25 bits per heavy atom. The van der Waals surface area contributed by atoms with Gasteiger partial charge >= 0.3 is 0 Å². The van der Waals surface area contributed by atoms with E-state index in [-0.39, 0.29) is 6.40 Å². The maximum absolute atomic E-state index is 7.19. The molecular weight excluding hydrogens is 96.1 g/mol. The first-order valence-corrected chi connectivity index (χ1v) is 3.18. The molecule has 0 spiro atoms. The molecule has 0 aromatic carbocycles. The second-order valence-electron chi connectivity index (χ2n) is 2.27. The van der Waals surface area contributed by atoms with Crippen molar-refractivity contribution in [1.82, 2.24) is 0 Å². The summed E-state index contributed by atoms with van der Waals surface area (Å²) in [7, 11) is 0. The van der Waals surface area contributed by atoms with Gasteiger partial charge in [-0.3, -0.25) is 0 Å². The van der Waals surface area contributed by atoms with E-state index in [0.717, 1.165) is 12.8 Å². The van der Waals surface area contributed by atoms with E-state index in [2.05, 4.69) is 19.9 Å². The van der Waals surface area contributed by atoms with Crippen LogP contribution in [0.4, 0.5) is 0 Å². The Morgan fingerprint density at radius 3 is 2.62 bits per heavy atom. The van der Waals surface area contributed by atoms with Crippen molar-refractivity contribution in [2.45, 2.75) is 40.0 Å². The summed E-state index contributed by atoms with van der Waals surface area (Å²) in [6.45, 7) is 6.11. The Bertz CT molecular complexity index is 88.7. The van der Waals surface area contributed by atoms with E-state index >= 15 is 0 Å². The van der Waals surface area contributed by atoms with Crippen LogP contribution >= 0.6 is 0 Å². The van der Waals surface area contributed by atoms with Crippen LogP contribution < -0.4 is 0 Å². The Labute approximate surface area is 54.0 Å². The van der Waals surface area contributed by atoms with E-state index in [1.54, 1.807) is 0 Å². The molecule has 0 radical (unpaired) electrons. The SMILES string of the molecule is [2H][C@H](C)CCC=C(C)C. The summed E-state index contributed by atoms with van der Waals surface area (Å²) in [5, 5.41) is 0. The van der Waals surface area contributed by atoms with Crippen molar-refractivity contribution < 1.29 is 1.37 Å². The van der Waals surface area contributed by atoms with Gasteiger partial charge in [-0.1, -0.05) is 31.4 Å². The molecule has 0 heterocycles. The molecule has 0 aliphatic rings. The van der Waals surface area contributed by atoms with Gasteiger partial charge in [0.25, 0.3) is 0 Å². The van der Waals surface area contributed by atoms with Gasteiger partial charge in [-0.2, -0.15) is 0 Å². The Kier molecular flexibility index (Phi) is 3.59. The van der Waals surface area contributed by atoms with Gasteiger partial charge in [0.15, 0.2) is 0 Å². The molecule has 0 amide bonds. The van der Waals surface area contributed by atoms with Crippen molar-refractivity contribution in [2.75, 3.05) is 0 Å². The Hall–Kier alpha value is -0.260. The van der Waals surface area contributed by atoms with E-state index < -0.39 is 0 Å². The predicted molar refractivity (Wildman–Crippen MR) is 39.0 cm³/mol. The topological polar surface area (TPSA) is 0 Å². The van der Waals surface area contributed by atoms with Crippen molar-refractivity contribution in [3.05, 3.63) is 11.6 Å². The molecule has 0 N–H and O–H groups in total. The molecule has 0 aromatic heterocycles. The van der Waals surface area contributed by atoms with Gasteiger partial charge in [0.1, 0.15) is 0 Å². The third-order valence-corrected chi connectivity index (χ3v) is 1.01. The molecule has 0 rings (SSSR count). The number of allylic oxidation sites excluding steroid dienone is 2. The standard InChI is InChI=1S/C8H16/c1-4-5-6-7-8(2)3/h7H,4-6H2,1-3H3/i4D/t4-/m1/s1. The molecule has 48 valence electrons. The number of hydrogen-bond donors (Lipinski definition) is 0. The summed E-state index contributed by atoms with van der Waals surface area (Å²) < 4.78 is 7.19. The van der Waals surface area contributed by atoms with E-state index in [1.807, 2.05) is 6.92 Å². The first-order valence-electron chi connectivity index (χ1n) is 3.76. The van der Waals surface area contributed by atoms with Gasteiger partial charge in [0.05, 0.1) is 0 Å². The highest BCUT2D eigenvalue weighted by Crippen LogP contribution is 1.98. The van der Waals surface area contributed by atoms with Crippen LogP contribution in [0.1, 0.15) is 41.4 Å². The maximum atomic E-state index is 7.19. The number of rotatable bonds is 3. The van der Waals surface area contributed by atoms with Crippen LogP contribution in [0.5, 0.6) is 0 Å². The largest absolute Gasteiger partial charge is 0.0859 e. The van der Waals surface area contributed by atoms with Crippen molar-refractivity contribution >= 4 is 0 Å². The van der Waals surface area contributed by atoms with Gasteiger partial charge in [0.2, 0.25) is 0 Å². The molecule has 8 heavy (non-hydrogen) atoms. The van der Waals surface area contributed by atoms with Gasteiger partial charge in [-0.05, 0) is 20.3 Å². The summed E-state index contributed by atoms with van der Waals surface area (Å²) >= 11 is 0.